The van der Waals surface area contributed by atoms with Gasteiger partial charge in [-0.05, 0) is 0 Å². The Labute approximate surface area is 88.1 Å². The van der Waals surface area contributed by atoms with Crippen molar-refractivity contribution < 1.29 is 34.4 Å². The maximum atomic E-state index is 8.56. The van der Waals surface area contributed by atoms with Crippen molar-refractivity contribution in [1.82, 2.24) is 0 Å². The number of hydrogen-bond acceptors (Lipinski definition) is 1. The summed E-state index contributed by atoms with van der Waals surface area (Å²) in [7, 11) is 0. The van der Waals surface area contributed by atoms with Crippen LogP contribution < -0.4 is 0 Å². The maximum Gasteiger partial charge on any atom is 2.00 e. The smallest absolute Gasteiger partial charge is 1.00 e. The summed E-state index contributed by atoms with van der Waals surface area (Å²) >= 11 is 0. The van der Waals surface area contributed by atoms with E-state index in [2.05, 4.69) is 0 Å². The third kappa shape index (κ3) is 56.3. The van der Waals surface area contributed by atoms with Gasteiger partial charge in [0, 0.05) is 16.5 Å². The molecule has 0 bridgehead atoms. The van der Waals surface area contributed by atoms with Crippen LogP contribution in [-0.2, 0) is 16.5 Å². The average Bonchev–Trinajstić information content (AvgIpc) is 0.811. The quantitative estimate of drug-likeness (QED) is 0.606. The monoisotopic (exact) mass is 260 g/mol. The number of carboxylic acid groups (broad SMARTS) is 2. The first-order chi connectivity index (χ1) is 1.73. The molecule has 0 aromatic rings. The first-order valence-corrected chi connectivity index (χ1v) is 0.651. The summed E-state index contributed by atoms with van der Waals surface area (Å²) in [6.45, 7) is 0. The Morgan fingerprint density at radius 1 is 1.50 bits per heavy atom. The number of hydrogen-bond donors (Lipinski definition) is 2. The molecule has 0 unspecified atom stereocenters. The van der Waals surface area contributed by atoms with Crippen molar-refractivity contribution in [2.45, 2.75) is 0 Å². The second kappa shape index (κ2) is 9.59. The summed E-state index contributed by atoms with van der Waals surface area (Å²) in [5.41, 5.74) is 0. The van der Waals surface area contributed by atoms with Crippen LogP contribution in [0.5, 0.6) is 0 Å². The van der Waals surface area contributed by atoms with E-state index in [9.17, 15) is 0 Å². The van der Waals surface area contributed by atoms with Gasteiger partial charge >= 0.3 is 55.0 Å². The van der Waals surface area contributed by atoms with Gasteiger partial charge in [-0.1, -0.05) is 0 Å². The van der Waals surface area contributed by atoms with Gasteiger partial charge in [0.05, 0.1) is 0 Å². The van der Waals surface area contributed by atoms with Crippen molar-refractivity contribution in [3.8, 4) is 0 Å². The SMILES string of the molecule is O=C(O)O.[Ba+2].[H-].[H-].[Ni]. The molecule has 0 rings (SSSR count). The fourth-order valence-corrected chi connectivity index (χ4v) is 0. The molecule has 0 saturated heterocycles. The molecule has 6 heavy (non-hydrogen) atoms. The molecule has 0 aliphatic carbocycles. The van der Waals surface area contributed by atoms with Gasteiger partial charge in [-0.3, -0.25) is 0 Å². The number of carbonyl (C=O) groups is 1. The Morgan fingerprint density at radius 3 is 1.50 bits per heavy atom. The predicted octanol–water partition coefficient (Wildman–Crippen LogP) is 0.0641. The summed E-state index contributed by atoms with van der Waals surface area (Å²) in [4.78, 5) is 8.56. The van der Waals surface area contributed by atoms with Gasteiger partial charge < -0.3 is 13.1 Å². The fraction of sp³-hybridized carbons (Fsp3) is 0. The van der Waals surface area contributed by atoms with E-state index in [-0.39, 0.29) is 68.2 Å². The average molecular weight is 260 g/mol. The second-order valence-corrected chi connectivity index (χ2v) is 0.283. The Hall–Kier alpha value is 1.33. The van der Waals surface area contributed by atoms with Crippen LogP contribution in [-0.4, -0.2) is 65.2 Å². The number of rotatable bonds is 0. The van der Waals surface area contributed by atoms with Crippen LogP contribution in [0.15, 0.2) is 0 Å². The maximum absolute atomic E-state index is 8.56. The Morgan fingerprint density at radius 2 is 1.50 bits per heavy atom. The van der Waals surface area contributed by atoms with E-state index >= 15 is 0 Å². The molecule has 0 heterocycles. The minimum absolute atomic E-state index is 0. The van der Waals surface area contributed by atoms with E-state index in [1.165, 1.54) is 0 Å². The molecule has 0 saturated carbocycles. The van der Waals surface area contributed by atoms with E-state index < -0.39 is 6.16 Å². The zero-order chi connectivity index (χ0) is 3.58. The molecule has 0 amide bonds. The fourth-order valence-electron chi connectivity index (χ4n) is 0. The molecule has 0 aromatic carbocycles. The van der Waals surface area contributed by atoms with Gasteiger partial charge in [0.2, 0.25) is 0 Å². The van der Waals surface area contributed by atoms with Crippen LogP contribution in [0.3, 0.4) is 0 Å². The predicted molar refractivity (Wildman–Crippen MR) is 18.6 cm³/mol. The molecule has 2 N–H and O–H groups in total. The van der Waals surface area contributed by atoms with Crippen molar-refractivity contribution in [2.75, 3.05) is 0 Å². The zero-order valence-corrected chi connectivity index (χ0v) is 8.25. The molecule has 0 aliphatic rings. The molecule has 0 fully saturated rings. The molecule has 0 aliphatic heterocycles. The third-order valence-corrected chi connectivity index (χ3v) is 0. The zero-order valence-electron chi connectivity index (χ0n) is 4.83. The van der Waals surface area contributed by atoms with Gasteiger partial charge in [-0.2, -0.15) is 0 Å². The Balaban J connectivity index is -0.00000000750. The van der Waals surface area contributed by atoms with Crippen LogP contribution in [0, 0.1) is 0 Å². The van der Waals surface area contributed by atoms with Crippen LogP contribution >= 0.6 is 0 Å². The van der Waals surface area contributed by atoms with E-state index in [0.29, 0.717) is 0 Å². The molecule has 38 valence electrons. The largest absolute Gasteiger partial charge is 2.00 e. The topological polar surface area (TPSA) is 57.5 Å². The summed E-state index contributed by atoms with van der Waals surface area (Å²) in [5, 5.41) is 13.9. The molecule has 0 aromatic heterocycles. The first kappa shape index (κ1) is 15.7. The molecular weight excluding hydrogens is 256 g/mol. The van der Waals surface area contributed by atoms with Gasteiger partial charge in [0.15, 0.2) is 0 Å². The van der Waals surface area contributed by atoms with Crippen LogP contribution in [0.25, 0.3) is 0 Å². The van der Waals surface area contributed by atoms with E-state index in [4.69, 9.17) is 15.0 Å². The van der Waals surface area contributed by atoms with Crippen molar-refractivity contribution >= 4 is 55.0 Å². The van der Waals surface area contributed by atoms with E-state index in [1.54, 1.807) is 0 Å². The second-order valence-electron chi connectivity index (χ2n) is 0.283. The first-order valence-electron chi connectivity index (χ1n) is 0.651. The molecule has 3 nitrogen and oxygen atoms in total. The van der Waals surface area contributed by atoms with E-state index in [0.717, 1.165) is 0 Å². The molecule has 5 heteroatoms. The molecule has 0 radical (unpaired) electrons. The summed E-state index contributed by atoms with van der Waals surface area (Å²) in [5.74, 6) is 0. The summed E-state index contributed by atoms with van der Waals surface area (Å²) in [6, 6.07) is 0. The van der Waals surface area contributed by atoms with Crippen molar-refractivity contribution in [3.63, 3.8) is 0 Å². The van der Waals surface area contributed by atoms with Crippen LogP contribution in [0.1, 0.15) is 2.85 Å². The van der Waals surface area contributed by atoms with Crippen molar-refractivity contribution in [3.05, 3.63) is 0 Å². The van der Waals surface area contributed by atoms with Crippen LogP contribution in [0.2, 0.25) is 0 Å². The van der Waals surface area contributed by atoms with E-state index in [1.807, 2.05) is 0 Å². The molecule has 0 atom stereocenters. The van der Waals surface area contributed by atoms with Gasteiger partial charge in [-0.15, -0.1) is 0 Å². The Bertz CT molecular complexity index is 40.3. The van der Waals surface area contributed by atoms with Crippen molar-refractivity contribution in [2.24, 2.45) is 0 Å². The van der Waals surface area contributed by atoms with Gasteiger partial charge in [0.1, 0.15) is 0 Å². The minimum atomic E-state index is -1.83. The van der Waals surface area contributed by atoms with Gasteiger partial charge in [0.25, 0.3) is 0 Å². The third-order valence-electron chi connectivity index (χ3n) is 0. The molecular formula is CH4BaNiO3. The van der Waals surface area contributed by atoms with Gasteiger partial charge in [-0.25, -0.2) is 4.79 Å². The van der Waals surface area contributed by atoms with Crippen LogP contribution in [0.4, 0.5) is 4.79 Å². The summed E-state index contributed by atoms with van der Waals surface area (Å²) in [6.07, 6.45) is -1.83. The normalized spacial score (nSPS) is 4.00. The Kier molecular flexibility index (Phi) is 25.0. The standard InChI is InChI=1S/CH2O3.Ba.Ni.2H/c2-1(3)4;;;;/h(H2,2,3,4);;;;/q;+2;;2*-1. The molecule has 0 spiro atoms. The van der Waals surface area contributed by atoms with Crippen molar-refractivity contribution in [1.29, 1.82) is 0 Å². The minimum Gasteiger partial charge on any atom is -1.00 e. The summed E-state index contributed by atoms with van der Waals surface area (Å²) < 4.78 is 0.